The van der Waals surface area contributed by atoms with Crippen LogP contribution in [0.2, 0.25) is 5.02 Å². The van der Waals surface area contributed by atoms with Crippen molar-refractivity contribution in [2.75, 3.05) is 5.32 Å². The largest absolute Gasteiger partial charge is 0.409 e. The van der Waals surface area contributed by atoms with Crippen molar-refractivity contribution in [2.24, 2.45) is 10.9 Å². The zero-order chi connectivity index (χ0) is 14.5. The van der Waals surface area contributed by atoms with Gasteiger partial charge in [-0.15, -0.1) is 0 Å². The lowest BCUT2D eigenvalue weighted by atomic mass is 10.1. The average Bonchev–Trinajstić information content (AvgIpc) is 2.47. The third-order valence-corrected chi connectivity index (χ3v) is 3.32. The number of hydrogen-bond acceptors (Lipinski definition) is 3. The molecule has 0 radical (unpaired) electrons. The van der Waals surface area contributed by atoms with Gasteiger partial charge in [-0.05, 0) is 30.2 Å². The molecule has 0 aliphatic carbocycles. The zero-order valence-electron chi connectivity index (χ0n) is 11.1. The summed E-state index contributed by atoms with van der Waals surface area (Å²) in [6.45, 7) is 2.54. The fourth-order valence-corrected chi connectivity index (χ4v) is 2.13. The molecule has 0 atom stereocenters. The first-order valence-electron chi connectivity index (χ1n) is 6.17. The highest BCUT2D eigenvalue weighted by Crippen LogP contribution is 2.23. The molecule has 0 aliphatic heterocycles. The lowest BCUT2D eigenvalue weighted by Crippen LogP contribution is -2.16. The van der Waals surface area contributed by atoms with E-state index in [-0.39, 0.29) is 5.84 Å². The number of oxime groups is 1. The van der Waals surface area contributed by atoms with E-state index >= 15 is 0 Å². The van der Waals surface area contributed by atoms with Gasteiger partial charge in [-0.2, -0.15) is 0 Å². The highest BCUT2D eigenvalue weighted by atomic mass is 35.5. The molecule has 0 unspecified atom stereocenters. The molecule has 0 aliphatic rings. The highest BCUT2D eigenvalue weighted by molar-refractivity contribution is 6.33. The van der Waals surface area contributed by atoms with Gasteiger partial charge in [0, 0.05) is 12.1 Å². The van der Waals surface area contributed by atoms with Crippen LogP contribution in [0.15, 0.2) is 47.6 Å². The number of halogens is 1. The summed E-state index contributed by atoms with van der Waals surface area (Å²) in [5.74, 6) is 0.0951. The van der Waals surface area contributed by atoms with E-state index in [0.29, 0.717) is 17.1 Å². The van der Waals surface area contributed by atoms with Gasteiger partial charge in [0.2, 0.25) is 0 Å². The summed E-state index contributed by atoms with van der Waals surface area (Å²) in [6, 6.07) is 13.3. The van der Waals surface area contributed by atoms with Crippen molar-refractivity contribution in [3.05, 3.63) is 64.2 Å². The van der Waals surface area contributed by atoms with Gasteiger partial charge in [-0.1, -0.05) is 47.1 Å². The Balaban J connectivity index is 2.21. The zero-order valence-corrected chi connectivity index (χ0v) is 11.9. The van der Waals surface area contributed by atoms with Crippen molar-refractivity contribution >= 4 is 23.1 Å². The lowest BCUT2D eigenvalue weighted by Gasteiger charge is -2.12. The quantitative estimate of drug-likeness (QED) is 0.350. The highest BCUT2D eigenvalue weighted by Gasteiger charge is 2.07. The maximum Gasteiger partial charge on any atom is 0.170 e. The van der Waals surface area contributed by atoms with Crippen LogP contribution in [0.25, 0.3) is 0 Å². The molecule has 4 N–H and O–H groups in total. The minimum Gasteiger partial charge on any atom is -0.409 e. The van der Waals surface area contributed by atoms with Crippen LogP contribution in [0.5, 0.6) is 0 Å². The van der Waals surface area contributed by atoms with Crippen LogP contribution in [0, 0.1) is 6.92 Å². The van der Waals surface area contributed by atoms with Crippen LogP contribution < -0.4 is 11.1 Å². The smallest absolute Gasteiger partial charge is 0.170 e. The van der Waals surface area contributed by atoms with Gasteiger partial charge in [-0.25, -0.2) is 0 Å². The number of nitrogens with one attached hydrogen (secondary N) is 1. The van der Waals surface area contributed by atoms with E-state index < -0.39 is 0 Å². The number of rotatable bonds is 4. The third-order valence-electron chi connectivity index (χ3n) is 2.99. The average molecular weight is 290 g/mol. The van der Waals surface area contributed by atoms with Crippen LogP contribution in [0.3, 0.4) is 0 Å². The summed E-state index contributed by atoms with van der Waals surface area (Å²) in [7, 11) is 0. The van der Waals surface area contributed by atoms with Gasteiger partial charge >= 0.3 is 0 Å². The van der Waals surface area contributed by atoms with Gasteiger partial charge in [0.1, 0.15) is 0 Å². The summed E-state index contributed by atoms with van der Waals surface area (Å²) >= 11 is 6.14. The van der Waals surface area contributed by atoms with Crippen molar-refractivity contribution in [1.29, 1.82) is 0 Å². The fourth-order valence-electron chi connectivity index (χ4n) is 1.94. The van der Waals surface area contributed by atoms with Crippen molar-refractivity contribution in [3.8, 4) is 0 Å². The maximum atomic E-state index is 8.80. The molecule has 0 heterocycles. The molecule has 0 saturated carbocycles. The Morgan fingerprint density at radius 1 is 1.30 bits per heavy atom. The molecule has 2 aromatic carbocycles. The summed E-state index contributed by atoms with van der Waals surface area (Å²) < 4.78 is 0. The number of amidine groups is 1. The third kappa shape index (κ3) is 3.22. The lowest BCUT2D eigenvalue weighted by molar-refractivity contribution is 0.318. The van der Waals surface area contributed by atoms with E-state index in [4.69, 9.17) is 22.5 Å². The van der Waals surface area contributed by atoms with Gasteiger partial charge in [-0.3, -0.25) is 0 Å². The van der Waals surface area contributed by atoms with Crippen LogP contribution in [-0.2, 0) is 6.54 Å². The molecule has 104 valence electrons. The van der Waals surface area contributed by atoms with Crippen molar-refractivity contribution < 1.29 is 5.21 Å². The second-order valence-corrected chi connectivity index (χ2v) is 4.89. The molecule has 4 nitrogen and oxygen atoms in total. The van der Waals surface area contributed by atoms with E-state index in [0.717, 1.165) is 16.8 Å². The molecule has 0 aromatic heterocycles. The van der Waals surface area contributed by atoms with Crippen LogP contribution in [-0.4, -0.2) is 11.0 Å². The summed E-state index contributed by atoms with van der Waals surface area (Å²) in [6.07, 6.45) is 0. The topological polar surface area (TPSA) is 70.6 Å². The SMILES string of the molecule is Cc1ccc(Cl)c(NCc2ccccc2/C(N)=N/O)c1. The Kier molecular flexibility index (Phi) is 4.48. The number of aryl methyl sites for hydroxylation is 1. The second-order valence-electron chi connectivity index (χ2n) is 4.48. The summed E-state index contributed by atoms with van der Waals surface area (Å²) in [5.41, 5.74) is 9.28. The Hall–Kier alpha value is -2.20. The van der Waals surface area contributed by atoms with E-state index in [2.05, 4.69) is 10.5 Å². The molecule has 0 spiro atoms. The molecule has 0 bridgehead atoms. The van der Waals surface area contributed by atoms with Crippen molar-refractivity contribution in [3.63, 3.8) is 0 Å². The van der Waals surface area contributed by atoms with Gasteiger partial charge in [0.25, 0.3) is 0 Å². The van der Waals surface area contributed by atoms with Gasteiger partial charge < -0.3 is 16.3 Å². The first-order chi connectivity index (χ1) is 9.61. The van der Waals surface area contributed by atoms with Gasteiger partial charge in [0.15, 0.2) is 5.84 Å². The molecular formula is C15H16ClN3O. The van der Waals surface area contributed by atoms with Crippen LogP contribution >= 0.6 is 11.6 Å². The monoisotopic (exact) mass is 289 g/mol. The van der Waals surface area contributed by atoms with Crippen molar-refractivity contribution in [2.45, 2.75) is 13.5 Å². The molecule has 0 saturated heterocycles. The normalized spacial score (nSPS) is 11.4. The number of nitrogens with zero attached hydrogens (tertiary/aromatic N) is 1. The van der Waals surface area contributed by atoms with Gasteiger partial charge in [0.05, 0.1) is 10.7 Å². The molecule has 0 fully saturated rings. The Morgan fingerprint density at radius 3 is 2.80 bits per heavy atom. The Bertz CT molecular complexity index is 641. The van der Waals surface area contributed by atoms with Crippen molar-refractivity contribution in [1.82, 2.24) is 0 Å². The first-order valence-corrected chi connectivity index (χ1v) is 6.55. The van der Waals surface area contributed by atoms with E-state index in [1.165, 1.54) is 0 Å². The molecule has 2 rings (SSSR count). The molecule has 20 heavy (non-hydrogen) atoms. The number of hydrogen-bond donors (Lipinski definition) is 3. The number of nitrogens with two attached hydrogens (primary N) is 1. The summed E-state index contributed by atoms with van der Waals surface area (Å²) in [4.78, 5) is 0. The Labute approximate surface area is 122 Å². The predicted molar refractivity (Wildman–Crippen MR) is 82.5 cm³/mol. The molecule has 5 heteroatoms. The minimum atomic E-state index is 0.0951. The number of benzene rings is 2. The van der Waals surface area contributed by atoms with E-state index in [9.17, 15) is 0 Å². The van der Waals surface area contributed by atoms with E-state index in [1.54, 1.807) is 0 Å². The fraction of sp³-hybridized carbons (Fsp3) is 0.133. The Morgan fingerprint density at radius 2 is 2.05 bits per heavy atom. The van der Waals surface area contributed by atoms with E-state index in [1.807, 2.05) is 49.4 Å². The minimum absolute atomic E-state index is 0.0951. The number of anilines is 1. The standard InChI is InChI=1S/C15H16ClN3O/c1-10-6-7-13(16)14(8-10)18-9-11-4-2-3-5-12(11)15(17)19-20/h2-8,18,20H,9H2,1H3,(H2,17,19). The molecule has 2 aromatic rings. The van der Waals surface area contributed by atoms with Crippen LogP contribution in [0.1, 0.15) is 16.7 Å². The summed E-state index contributed by atoms with van der Waals surface area (Å²) in [5, 5.41) is 15.8. The molecular weight excluding hydrogens is 274 g/mol. The second kappa shape index (κ2) is 6.30. The molecule has 0 amide bonds. The maximum absolute atomic E-state index is 8.80. The first kappa shape index (κ1) is 14.2. The predicted octanol–water partition coefficient (Wildman–Crippen LogP) is 3.36. The van der Waals surface area contributed by atoms with Crippen LogP contribution in [0.4, 0.5) is 5.69 Å².